The maximum atomic E-state index is 13.5. The van der Waals surface area contributed by atoms with E-state index < -0.39 is 50.8 Å². The van der Waals surface area contributed by atoms with Crippen molar-refractivity contribution in [3.05, 3.63) is 34.1 Å². The van der Waals surface area contributed by atoms with Gasteiger partial charge in [0.2, 0.25) is 0 Å². The molecule has 2 aliphatic rings. The molecule has 4 heterocycles. The van der Waals surface area contributed by atoms with Crippen LogP contribution in [0.3, 0.4) is 0 Å². The molecule has 0 aliphatic carbocycles. The van der Waals surface area contributed by atoms with E-state index in [1.54, 1.807) is 4.57 Å². The van der Waals surface area contributed by atoms with E-state index in [-0.39, 0.29) is 39.1 Å². The summed E-state index contributed by atoms with van der Waals surface area (Å²) >= 11 is 0. The van der Waals surface area contributed by atoms with Crippen molar-refractivity contribution in [2.24, 2.45) is 5.73 Å². The van der Waals surface area contributed by atoms with Gasteiger partial charge in [0.1, 0.15) is 24.9 Å². The Morgan fingerprint density at radius 3 is 2.15 bits per heavy atom. The molecular weight excluding hydrogens is 583 g/mol. The fraction of sp³-hybridized carbons (Fsp3) is 0.731. The summed E-state index contributed by atoms with van der Waals surface area (Å²) in [6, 6.07) is 0. The van der Waals surface area contributed by atoms with E-state index in [0.29, 0.717) is 6.54 Å². The fourth-order valence-electron chi connectivity index (χ4n) is 4.60. The summed E-state index contributed by atoms with van der Waals surface area (Å²) in [5.74, 6) is 0. The Balaban J connectivity index is 1.94. The van der Waals surface area contributed by atoms with Crippen LogP contribution in [0.5, 0.6) is 0 Å². The predicted octanol–water partition coefficient (Wildman–Crippen LogP) is 3.82. The van der Waals surface area contributed by atoms with Crippen molar-refractivity contribution < 1.29 is 26.2 Å². The van der Waals surface area contributed by atoms with E-state index in [2.05, 4.69) is 77.7 Å². The third-order valence-electron chi connectivity index (χ3n) is 9.24. The van der Waals surface area contributed by atoms with Gasteiger partial charge in [-0.3, -0.25) is 13.9 Å². The predicted molar refractivity (Wildman–Crippen MR) is 162 cm³/mol. The second-order valence-electron chi connectivity index (χ2n) is 14.0. The number of imidazole rings is 1. The average Bonchev–Trinajstić information content (AvgIpc) is 3.44. The van der Waals surface area contributed by atoms with Crippen LogP contribution in [0, 0.1) is 0 Å². The standard InChI is InChI=1S/C26H45N5O7SSi2/c1-12-30-15-28-21-19(22(30)32)31(16-29-21)23-20(37-41(10,11)25(5,6)7)26(17(27)14-39(33,34)38-26)18(36-23)13-35-40(8,9)24(2,3)4/h14-16,18,20,23H,12-13,27H2,1-11H3/t18?,20-,23+,26?/m0/s1. The first-order chi connectivity index (χ1) is 18.6. The number of fused-ring (bicyclic) bond motifs is 1. The zero-order chi connectivity index (χ0) is 31.0. The highest BCUT2D eigenvalue weighted by Crippen LogP contribution is 2.52. The molecule has 230 valence electrons. The summed E-state index contributed by atoms with van der Waals surface area (Å²) in [7, 11) is -9.08. The van der Waals surface area contributed by atoms with Gasteiger partial charge in [-0.25, -0.2) is 14.2 Å². The van der Waals surface area contributed by atoms with Gasteiger partial charge in [0.25, 0.3) is 15.7 Å². The van der Waals surface area contributed by atoms with Gasteiger partial charge < -0.3 is 19.3 Å². The van der Waals surface area contributed by atoms with Gasteiger partial charge in [0, 0.05) is 6.54 Å². The summed E-state index contributed by atoms with van der Waals surface area (Å²) in [5.41, 5.74) is 4.96. The molecule has 2 aromatic rings. The van der Waals surface area contributed by atoms with Crippen molar-refractivity contribution in [2.45, 2.75) is 115 Å². The molecule has 1 fully saturated rings. The Hall–Kier alpha value is -1.89. The van der Waals surface area contributed by atoms with Crippen LogP contribution in [0.4, 0.5) is 0 Å². The number of hydrogen-bond acceptors (Lipinski definition) is 10. The Morgan fingerprint density at radius 2 is 1.63 bits per heavy atom. The lowest BCUT2D eigenvalue weighted by Crippen LogP contribution is -2.59. The van der Waals surface area contributed by atoms with Crippen LogP contribution in [0.2, 0.25) is 36.3 Å². The Labute approximate surface area is 244 Å². The molecule has 2 unspecified atom stereocenters. The first kappa shape index (κ1) is 32.0. The Kier molecular flexibility index (Phi) is 7.89. The molecule has 0 amide bonds. The second kappa shape index (κ2) is 10.1. The summed E-state index contributed by atoms with van der Waals surface area (Å²) < 4.78 is 55.0. The molecule has 2 aliphatic heterocycles. The highest BCUT2D eigenvalue weighted by Gasteiger charge is 2.67. The average molecular weight is 628 g/mol. The molecule has 0 saturated carbocycles. The monoisotopic (exact) mass is 627 g/mol. The maximum absolute atomic E-state index is 13.5. The van der Waals surface area contributed by atoms with Crippen LogP contribution >= 0.6 is 0 Å². The van der Waals surface area contributed by atoms with Crippen molar-refractivity contribution in [2.75, 3.05) is 6.61 Å². The molecule has 2 aromatic heterocycles. The number of rotatable bonds is 7. The normalized spacial score (nSPS) is 27.2. The van der Waals surface area contributed by atoms with E-state index in [4.69, 9.17) is 23.5 Å². The van der Waals surface area contributed by atoms with Crippen molar-refractivity contribution >= 4 is 37.9 Å². The lowest BCUT2D eigenvalue weighted by Gasteiger charge is -2.43. The van der Waals surface area contributed by atoms with E-state index in [9.17, 15) is 13.2 Å². The van der Waals surface area contributed by atoms with Gasteiger partial charge in [-0.15, -0.1) is 0 Å². The first-order valence-corrected chi connectivity index (χ1v) is 21.2. The molecular formula is C26H45N5O7SSi2. The Bertz CT molecular complexity index is 1520. The van der Waals surface area contributed by atoms with E-state index >= 15 is 0 Å². The van der Waals surface area contributed by atoms with Crippen LogP contribution in [0.25, 0.3) is 11.2 Å². The minimum atomic E-state index is -4.16. The van der Waals surface area contributed by atoms with E-state index in [1.807, 2.05) is 6.92 Å². The van der Waals surface area contributed by atoms with E-state index in [1.165, 1.54) is 17.2 Å². The summed E-state index contributed by atoms with van der Waals surface area (Å²) in [5, 5.41) is 0.562. The minimum Gasteiger partial charge on any atom is -0.414 e. The van der Waals surface area contributed by atoms with Gasteiger partial charge in [0.05, 0.1) is 17.7 Å². The molecule has 4 atom stereocenters. The molecule has 0 aromatic carbocycles. The molecule has 0 bridgehead atoms. The van der Waals surface area contributed by atoms with Gasteiger partial charge in [-0.1, -0.05) is 41.5 Å². The number of hydrogen-bond donors (Lipinski definition) is 1. The lowest BCUT2D eigenvalue weighted by atomic mass is 9.89. The fourth-order valence-corrected chi connectivity index (χ4v) is 8.10. The van der Waals surface area contributed by atoms with Crippen molar-refractivity contribution in [1.82, 2.24) is 19.1 Å². The van der Waals surface area contributed by atoms with Crippen molar-refractivity contribution in [3.8, 4) is 0 Å². The third-order valence-corrected chi connectivity index (χ3v) is 19.2. The van der Waals surface area contributed by atoms with Gasteiger partial charge in [0.15, 0.2) is 39.6 Å². The third kappa shape index (κ3) is 5.38. The quantitative estimate of drug-likeness (QED) is 0.354. The first-order valence-electron chi connectivity index (χ1n) is 13.9. The van der Waals surface area contributed by atoms with Crippen LogP contribution < -0.4 is 11.3 Å². The maximum Gasteiger partial charge on any atom is 0.292 e. The van der Waals surface area contributed by atoms with Crippen LogP contribution in [-0.4, -0.2) is 68.6 Å². The van der Waals surface area contributed by atoms with E-state index in [0.717, 1.165) is 5.41 Å². The molecule has 12 nitrogen and oxygen atoms in total. The molecule has 0 radical (unpaired) electrons. The zero-order valence-corrected chi connectivity index (χ0v) is 28.8. The summed E-state index contributed by atoms with van der Waals surface area (Å²) in [6.45, 7) is 23.2. The molecule has 15 heteroatoms. The number of aryl methyl sites for hydroxylation is 1. The molecule has 2 N–H and O–H groups in total. The van der Waals surface area contributed by atoms with Crippen LogP contribution in [0.1, 0.15) is 54.7 Å². The number of aromatic nitrogens is 4. The topological polar surface area (TPSA) is 150 Å². The van der Waals surface area contributed by atoms with Gasteiger partial charge in [-0.2, -0.15) is 8.42 Å². The van der Waals surface area contributed by atoms with Gasteiger partial charge in [-0.05, 0) is 43.2 Å². The molecule has 4 rings (SSSR count). The molecule has 41 heavy (non-hydrogen) atoms. The SMILES string of the molecule is CCn1cnc2ncn([C@@H]3OC(CO[Si](C)(C)C(C)(C)C)C4(OS(=O)(=O)C=C4N)[C@H]3O[Si](C)(C)C(C)(C)C)c2c1=O. The highest BCUT2D eigenvalue weighted by atomic mass is 32.2. The second-order valence-corrected chi connectivity index (χ2v) is 24.9. The highest BCUT2D eigenvalue weighted by molar-refractivity contribution is 7.90. The minimum absolute atomic E-state index is 0.0124. The zero-order valence-electron chi connectivity index (χ0n) is 26.0. The van der Waals surface area contributed by atoms with Crippen molar-refractivity contribution in [3.63, 3.8) is 0 Å². The largest absolute Gasteiger partial charge is 0.414 e. The number of nitrogens with two attached hydrogens (primary N) is 1. The summed E-state index contributed by atoms with van der Waals surface area (Å²) in [6.07, 6.45) is -0.0971. The number of ether oxygens (including phenoxy) is 1. The van der Waals surface area contributed by atoms with Crippen molar-refractivity contribution in [1.29, 1.82) is 0 Å². The number of nitrogens with zero attached hydrogens (tertiary/aromatic N) is 4. The lowest BCUT2D eigenvalue weighted by molar-refractivity contribution is -0.0534. The Morgan fingerprint density at radius 1 is 1.05 bits per heavy atom. The van der Waals surface area contributed by atoms with Crippen LogP contribution in [0.15, 0.2) is 28.6 Å². The van der Waals surface area contributed by atoms with Gasteiger partial charge >= 0.3 is 0 Å². The smallest absolute Gasteiger partial charge is 0.292 e. The molecule has 1 spiro atoms. The molecule has 1 saturated heterocycles. The van der Waals surface area contributed by atoms with Crippen LogP contribution in [-0.2, 0) is 34.4 Å². The summed E-state index contributed by atoms with van der Waals surface area (Å²) in [4.78, 5) is 22.2.